The molecule has 2 heterocycles. The van der Waals surface area contributed by atoms with Gasteiger partial charge in [0.15, 0.2) is 5.69 Å². The molecular weight excluding hydrogens is 208 g/mol. The zero-order valence-electron chi connectivity index (χ0n) is 9.09. The van der Waals surface area contributed by atoms with Crippen molar-refractivity contribution in [3.63, 3.8) is 0 Å². The number of hydrogen-bond acceptors (Lipinski definition) is 4. The number of nitrogens with zero attached hydrogens (tertiary/aromatic N) is 2. The van der Waals surface area contributed by atoms with E-state index in [1.165, 1.54) is 6.20 Å². The Kier molecular flexibility index (Phi) is 3.05. The van der Waals surface area contributed by atoms with Gasteiger partial charge in [-0.15, -0.1) is 0 Å². The minimum atomic E-state index is -0.989. The highest BCUT2D eigenvalue weighted by Gasteiger charge is 2.25. The Labute approximate surface area is 93.7 Å². The Balaban J connectivity index is 2.24. The van der Waals surface area contributed by atoms with Crippen LogP contribution in [0, 0.1) is 0 Å². The van der Waals surface area contributed by atoms with E-state index < -0.39 is 5.97 Å². The zero-order valence-corrected chi connectivity index (χ0v) is 9.09. The van der Waals surface area contributed by atoms with Gasteiger partial charge in [0.2, 0.25) is 0 Å². The molecule has 1 aromatic rings. The molecule has 0 aromatic carbocycles. The van der Waals surface area contributed by atoms with Crippen LogP contribution in [0.2, 0.25) is 0 Å². The molecule has 1 saturated heterocycles. The van der Waals surface area contributed by atoms with Crippen molar-refractivity contribution in [1.29, 1.82) is 0 Å². The molecule has 0 saturated carbocycles. The smallest absolute Gasteiger partial charge is 0.356 e. The molecule has 0 amide bonds. The predicted molar refractivity (Wildman–Crippen MR) is 58.8 cm³/mol. The van der Waals surface area contributed by atoms with Crippen molar-refractivity contribution < 1.29 is 14.6 Å². The number of methoxy groups -OCH3 is 1. The maximum absolute atomic E-state index is 11.0. The van der Waals surface area contributed by atoms with Gasteiger partial charge in [-0.25, -0.2) is 9.78 Å². The van der Waals surface area contributed by atoms with Gasteiger partial charge in [0, 0.05) is 26.4 Å². The number of carboxylic acids is 1. The molecule has 0 spiro atoms. The standard InChI is InChI=1S/C11H14N2O3/c1-16-8-4-6-13(7-8)9-3-2-5-12-10(9)11(14)15/h2-3,5,8H,4,6-7H2,1H3,(H,14,15). The number of anilines is 1. The highest BCUT2D eigenvalue weighted by molar-refractivity contribution is 5.92. The normalized spacial score (nSPS) is 20.1. The molecule has 2 rings (SSSR count). The average Bonchev–Trinajstić information content (AvgIpc) is 2.77. The number of hydrogen-bond donors (Lipinski definition) is 1. The molecule has 1 fully saturated rings. The quantitative estimate of drug-likeness (QED) is 0.826. The molecular formula is C11H14N2O3. The first kappa shape index (κ1) is 10.9. The Hall–Kier alpha value is -1.62. The van der Waals surface area contributed by atoms with Gasteiger partial charge in [0.1, 0.15) is 0 Å². The van der Waals surface area contributed by atoms with Crippen LogP contribution in [0.25, 0.3) is 0 Å². The SMILES string of the molecule is COC1CCN(c2cccnc2C(=O)O)C1. The third-order valence-electron chi connectivity index (χ3n) is 2.81. The molecule has 86 valence electrons. The topological polar surface area (TPSA) is 62.7 Å². The molecule has 0 aliphatic carbocycles. The fourth-order valence-corrected chi connectivity index (χ4v) is 1.96. The second-order valence-electron chi connectivity index (χ2n) is 3.77. The summed E-state index contributed by atoms with van der Waals surface area (Å²) in [6.07, 6.45) is 2.60. The molecule has 1 atom stereocenters. The summed E-state index contributed by atoms with van der Waals surface area (Å²) >= 11 is 0. The molecule has 1 aromatic heterocycles. The minimum absolute atomic E-state index is 0.110. The average molecular weight is 222 g/mol. The lowest BCUT2D eigenvalue weighted by atomic mass is 10.2. The zero-order chi connectivity index (χ0) is 11.5. The van der Waals surface area contributed by atoms with E-state index in [0.717, 1.165) is 19.5 Å². The number of aromatic carboxylic acids is 1. The van der Waals surface area contributed by atoms with Crippen molar-refractivity contribution in [2.24, 2.45) is 0 Å². The van der Waals surface area contributed by atoms with Crippen LogP contribution in [0.5, 0.6) is 0 Å². The van der Waals surface area contributed by atoms with E-state index in [1.54, 1.807) is 19.2 Å². The Morgan fingerprint density at radius 3 is 3.12 bits per heavy atom. The largest absolute Gasteiger partial charge is 0.476 e. The maximum atomic E-state index is 11.0. The number of pyridine rings is 1. The van der Waals surface area contributed by atoms with Gasteiger partial charge in [-0.3, -0.25) is 0 Å². The van der Waals surface area contributed by atoms with Crippen LogP contribution in [-0.4, -0.2) is 42.4 Å². The molecule has 0 radical (unpaired) electrons. The summed E-state index contributed by atoms with van der Waals surface area (Å²) in [4.78, 5) is 16.9. The van der Waals surface area contributed by atoms with Crippen molar-refractivity contribution in [3.8, 4) is 0 Å². The van der Waals surface area contributed by atoms with E-state index in [4.69, 9.17) is 9.84 Å². The molecule has 5 nitrogen and oxygen atoms in total. The van der Waals surface area contributed by atoms with Crippen LogP contribution < -0.4 is 4.90 Å². The van der Waals surface area contributed by atoms with Crippen molar-refractivity contribution in [3.05, 3.63) is 24.0 Å². The summed E-state index contributed by atoms with van der Waals surface area (Å²) < 4.78 is 5.25. The number of carbonyl (C=O) groups is 1. The summed E-state index contributed by atoms with van der Waals surface area (Å²) in [5.41, 5.74) is 0.786. The number of ether oxygens (including phenoxy) is 1. The molecule has 1 aliphatic rings. The first-order valence-corrected chi connectivity index (χ1v) is 5.18. The maximum Gasteiger partial charge on any atom is 0.356 e. The van der Waals surface area contributed by atoms with E-state index in [-0.39, 0.29) is 11.8 Å². The van der Waals surface area contributed by atoms with Gasteiger partial charge in [-0.05, 0) is 18.6 Å². The van der Waals surface area contributed by atoms with Crippen molar-refractivity contribution in [1.82, 2.24) is 4.98 Å². The Morgan fingerprint density at radius 1 is 1.69 bits per heavy atom. The molecule has 1 N–H and O–H groups in total. The van der Waals surface area contributed by atoms with Crippen LogP contribution in [0.15, 0.2) is 18.3 Å². The number of rotatable bonds is 3. The van der Waals surface area contributed by atoms with E-state index in [1.807, 2.05) is 4.90 Å². The minimum Gasteiger partial charge on any atom is -0.476 e. The van der Waals surface area contributed by atoms with Gasteiger partial charge in [-0.2, -0.15) is 0 Å². The van der Waals surface area contributed by atoms with E-state index in [2.05, 4.69) is 4.98 Å². The third kappa shape index (κ3) is 1.99. The number of carboxylic acid groups (broad SMARTS) is 1. The Bertz CT molecular complexity index is 395. The third-order valence-corrected chi connectivity index (χ3v) is 2.81. The van der Waals surface area contributed by atoms with E-state index in [0.29, 0.717) is 5.69 Å². The van der Waals surface area contributed by atoms with Gasteiger partial charge < -0.3 is 14.7 Å². The fraction of sp³-hybridized carbons (Fsp3) is 0.455. The first-order valence-electron chi connectivity index (χ1n) is 5.18. The van der Waals surface area contributed by atoms with Crippen LogP contribution >= 0.6 is 0 Å². The highest BCUT2D eigenvalue weighted by Crippen LogP contribution is 2.23. The second kappa shape index (κ2) is 4.49. The van der Waals surface area contributed by atoms with E-state index >= 15 is 0 Å². The lowest BCUT2D eigenvalue weighted by molar-refractivity contribution is 0.0691. The van der Waals surface area contributed by atoms with Gasteiger partial charge in [-0.1, -0.05) is 0 Å². The van der Waals surface area contributed by atoms with Crippen molar-refractivity contribution in [2.75, 3.05) is 25.1 Å². The second-order valence-corrected chi connectivity index (χ2v) is 3.77. The van der Waals surface area contributed by atoms with Crippen LogP contribution in [-0.2, 0) is 4.74 Å². The molecule has 1 unspecified atom stereocenters. The predicted octanol–water partition coefficient (Wildman–Crippen LogP) is 1.00. The molecule has 16 heavy (non-hydrogen) atoms. The van der Waals surface area contributed by atoms with Gasteiger partial charge >= 0.3 is 5.97 Å². The van der Waals surface area contributed by atoms with Gasteiger partial charge in [0.05, 0.1) is 11.8 Å². The van der Waals surface area contributed by atoms with Crippen LogP contribution in [0.3, 0.4) is 0 Å². The summed E-state index contributed by atoms with van der Waals surface area (Å²) in [5, 5.41) is 9.03. The first-order chi connectivity index (χ1) is 7.72. The van der Waals surface area contributed by atoms with Gasteiger partial charge in [0.25, 0.3) is 0 Å². The fourth-order valence-electron chi connectivity index (χ4n) is 1.96. The van der Waals surface area contributed by atoms with Crippen LogP contribution in [0.4, 0.5) is 5.69 Å². The highest BCUT2D eigenvalue weighted by atomic mass is 16.5. The summed E-state index contributed by atoms with van der Waals surface area (Å²) in [5.74, 6) is -0.989. The van der Waals surface area contributed by atoms with Crippen LogP contribution in [0.1, 0.15) is 16.9 Å². The number of aromatic nitrogens is 1. The van der Waals surface area contributed by atoms with Crippen molar-refractivity contribution in [2.45, 2.75) is 12.5 Å². The monoisotopic (exact) mass is 222 g/mol. The summed E-state index contributed by atoms with van der Waals surface area (Å²) in [7, 11) is 1.68. The molecule has 0 bridgehead atoms. The summed E-state index contributed by atoms with van der Waals surface area (Å²) in [6, 6.07) is 3.54. The summed E-state index contributed by atoms with van der Waals surface area (Å²) in [6.45, 7) is 1.53. The lowest BCUT2D eigenvalue weighted by Gasteiger charge is -2.19. The van der Waals surface area contributed by atoms with Crippen molar-refractivity contribution >= 4 is 11.7 Å². The molecule has 5 heteroatoms. The molecule has 1 aliphatic heterocycles. The lowest BCUT2D eigenvalue weighted by Crippen LogP contribution is -2.24. The van der Waals surface area contributed by atoms with E-state index in [9.17, 15) is 4.79 Å². The Morgan fingerprint density at radius 2 is 2.50 bits per heavy atom.